The normalized spacial score (nSPS) is 13.8. The van der Waals surface area contributed by atoms with E-state index in [0.29, 0.717) is 0 Å². The van der Waals surface area contributed by atoms with Crippen molar-refractivity contribution in [1.29, 1.82) is 0 Å². The SMILES string of the molecule is Cc1c(F)ccc2c1C[B]C=C2. The summed E-state index contributed by atoms with van der Waals surface area (Å²) in [7, 11) is 2.05. The molecule has 59 valence electrons. The largest absolute Gasteiger partial charge is 0.207 e. The van der Waals surface area contributed by atoms with Gasteiger partial charge < -0.3 is 0 Å². The van der Waals surface area contributed by atoms with E-state index in [2.05, 4.69) is 7.28 Å². The lowest BCUT2D eigenvalue weighted by atomic mass is 9.66. The second kappa shape index (κ2) is 2.78. The molecule has 0 fully saturated rings. The molecule has 1 radical (unpaired) electrons. The van der Waals surface area contributed by atoms with Crippen LogP contribution in [0.2, 0.25) is 0 Å². The molecule has 0 bridgehead atoms. The zero-order valence-corrected chi connectivity index (χ0v) is 6.97. The van der Waals surface area contributed by atoms with Crippen molar-refractivity contribution in [3.63, 3.8) is 0 Å². The van der Waals surface area contributed by atoms with E-state index in [1.54, 1.807) is 0 Å². The molecule has 0 aromatic heterocycles. The van der Waals surface area contributed by atoms with Crippen molar-refractivity contribution in [2.45, 2.75) is 13.2 Å². The van der Waals surface area contributed by atoms with Crippen LogP contribution in [-0.4, -0.2) is 7.28 Å². The molecular formula is C10H9BF. The van der Waals surface area contributed by atoms with E-state index in [-0.39, 0.29) is 5.82 Å². The van der Waals surface area contributed by atoms with Gasteiger partial charge in [0.15, 0.2) is 0 Å². The zero-order chi connectivity index (χ0) is 8.55. The van der Waals surface area contributed by atoms with Crippen molar-refractivity contribution in [1.82, 2.24) is 0 Å². The van der Waals surface area contributed by atoms with Crippen LogP contribution in [0, 0.1) is 12.7 Å². The van der Waals surface area contributed by atoms with Gasteiger partial charge in [0.25, 0.3) is 0 Å². The van der Waals surface area contributed by atoms with Crippen molar-refractivity contribution in [2.75, 3.05) is 0 Å². The van der Waals surface area contributed by atoms with Gasteiger partial charge in [0.1, 0.15) is 13.1 Å². The first-order valence-corrected chi connectivity index (χ1v) is 4.07. The van der Waals surface area contributed by atoms with Gasteiger partial charge in [-0.1, -0.05) is 12.1 Å². The zero-order valence-electron chi connectivity index (χ0n) is 6.97. The number of hydrogen-bond donors (Lipinski definition) is 0. The smallest absolute Gasteiger partial charge is 0.146 e. The topological polar surface area (TPSA) is 0 Å². The molecule has 1 heterocycles. The maximum atomic E-state index is 13.1. The van der Waals surface area contributed by atoms with E-state index in [1.165, 1.54) is 6.07 Å². The standard InChI is InChI=1S/C10H9BF/c1-7-9-6-11-5-4-8(9)2-3-10(7)12/h2-5H,6H2,1H3. The van der Waals surface area contributed by atoms with E-state index in [0.717, 1.165) is 23.0 Å². The average Bonchev–Trinajstić information content (AvgIpc) is 2.12. The fourth-order valence-corrected chi connectivity index (χ4v) is 1.53. The average molecular weight is 159 g/mol. The Morgan fingerprint density at radius 1 is 1.42 bits per heavy atom. The fraction of sp³-hybridized carbons (Fsp3) is 0.200. The summed E-state index contributed by atoms with van der Waals surface area (Å²) >= 11 is 0. The van der Waals surface area contributed by atoms with Crippen LogP contribution in [0.15, 0.2) is 18.1 Å². The summed E-state index contributed by atoms with van der Waals surface area (Å²) in [5, 5.41) is 0. The van der Waals surface area contributed by atoms with Gasteiger partial charge >= 0.3 is 0 Å². The van der Waals surface area contributed by atoms with Crippen LogP contribution in [0.3, 0.4) is 0 Å². The highest BCUT2D eigenvalue weighted by Crippen LogP contribution is 2.21. The van der Waals surface area contributed by atoms with Crippen LogP contribution in [0.25, 0.3) is 6.08 Å². The van der Waals surface area contributed by atoms with Crippen molar-refractivity contribution in [3.8, 4) is 0 Å². The maximum Gasteiger partial charge on any atom is 0.146 e. The predicted molar refractivity (Wildman–Crippen MR) is 49.6 cm³/mol. The summed E-state index contributed by atoms with van der Waals surface area (Å²) in [4.78, 5) is 0. The molecule has 0 spiro atoms. The van der Waals surface area contributed by atoms with Gasteiger partial charge in [-0.25, -0.2) is 4.39 Å². The Morgan fingerprint density at radius 2 is 2.25 bits per heavy atom. The number of halogens is 1. The molecule has 1 aliphatic rings. The second-order valence-electron chi connectivity index (χ2n) is 3.04. The molecule has 1 aromatic carbocycles. The molecule has 12 heavy (non-hydrogen) atoms. The van der Waals surface area contributed by atoms with Crippen molar-refractivity contribution < 1.29 is 4.39 Å². The number of benzene rings is 1. The predicted octanol–water partition coefficient (Wildman–Crippen LogP) is 2.32. The van der Waals surface area contributed by atoms with Crippen LogP contribution < -0.4 is 0 Å². The van der Waals surface area contributed by atoms with Gasteiger partial charge in [-0.3, -0.25) is 0 Å². The first-order chi connectivity index (χ1) is 5.79. The lowest BCUT2D eigenvalue weighted by molar-refractivity contribution is 0.616. The Kier molecular flexibility index (Phi) is 1.76. The first-order valence-electron chi connectivity index (χ1n) is 4.07. The van der Waals surface area contributed by atoms with E-state index >= 15 is 0 Å². The van der Waals surface area contributed by atoms with Crippen molar-refractivity contribution in [2.24, 2.45) is 0 Å². The summed E-state index contributed by atoms with van der Waals surface area (Å²) in [6.07, 6.45) is 2.88. The second-order valence-corrected chi connectivity index (χ2v) is 3.04. The Labute approximate surface area is 72.3 Å². The van der Waals surface area contributed by atoms with Crippen molar-refractivity contribution in [3.05, 3.63) is 40.6 Å². The van der Waals surface area contributed by atoms with Gasteiger partial charge in [0, 0.05) is 0 Å². The van der Waals surface area contributed by atoms with Crippen LogP contribution in [-0.2, 0) is 6.32 Å². The fourth-order valence-electron chi connectivity index (χ4n) is 1.53. The highest BCUT2D eigenvalue weighted by molar-refractivity contribution is 6.43. The third kappa shape index (κ3) is 1.08. The summed E-state index contributed by atoms with van der Waals surface area (Å²) in [5.74, 6) is 1.91. The van der Waals surface area contributed by atoms with Gasteiger partial charge in [0.05, 0.1) is 0 Å². The van der Waals surface area contributed by atoms with Crippen LogP contribution in [0.1, 0.15) is 16.7 Å². The molecule has 0 saturated heterocycles. The molecule has 0 aliphatic carbocycles. The van der Waals surface area contributed by atoms with Gasteiger partial charge in [-0.2, -0.15) is 0 Å². The molecular weight excluding hydrogens is 150 g/mol. The number of fused-ring (bicyclic) bond motifs is 1. The van der Waals surface area contributed by atoms with Crippen LogP contribution in [0.5, 0.6) is 0 Å². The molecule has 2 heteroatoms. The van der Waals surface area contributed by atoms with Gasteiger partial charge in [-0.05, 0) is 36.0 Å². The third-order valence-electron chi connectivity index (χ3n) is 2.30. The third-order valence-corrected chi connectivity index (χ3v) is 2.30. The van der Waals surface area contributed by atoms with Crippen LogP contribution >= 0.6 is 0 Å². The number of rotatable bonds is 0. The Morgan fingerprint density at radius 3 is 3.08 bits per heavy atom. The molecule has 0 nitrogen and oxygen atoms in total. The molecule has 2 rings (SSSR count). The Bertz CT molecular complexity index is 342. The van der Waals surface area contributed by atoms with Crippen molar-refractivity contribution >= 4 is 13.4 Å². The highest BCUT2D eigenvalue weighted by atomic mass is 19.1. The minimum atomic E-state index is -0.0996. The molecule has 1 aliphatic heterocycles. The Balaban J connectivity index is 2.63. The lowest BCUT2D eigenvalue weighted by Crippen LogP contribution is -2.05. The summed E-state index contributed by atoms with van der Waals surface area (Å²) in [5.41, 5.74) is 3.06. The van der Waals surface area contributed by atoms with E-state index in [1.807, 2.05) is 25.0 Å². The molecule has 0 atom stereocenters. The lowest BCUT2D eigenvalue weighted by Gasteiger charge is -2.12. The number of hydrogen-bond acceptors (Lipinski definition) is 0. The Hall–Kier alpha value is -1.05. The van der Waals surface area contributed by atoms with E-state index in [9.17, 15) is 4.39 Å². The molecule has 0 saturated carbocycles. The van der Waals surface area contributed by atoms with Crippen LogP contribution in [0.4, 0.5) is 4.39 Å². The minimum Gasteiger partial charge on any atom is -0.207 e. The monoisotopic (exact) mass is 159 g/mol. The quantitative estimate of drug-likeness (QED) is 0.509. The molecule has 0 amide bonds. The molecule has 0 unspecified atom stereocenters. The van der Waals surface area contributed by atoms with Gasteiger partial charge in [0.2, 0.25) is 0 Å². The van der Waals surface area contributed by atoms with E-state index < -0.39 is 0 Å². The summed E-state index contributed by atoms with van der Waals surface area (Å²) < 4.78 is 13.1. The maximum absolute atomic E-state index is 13.1. The van der Waals surface area contributed by atoms with E-state index in [4.69, 9.17) is 0 Å². The minimum absolute atomic E-state index is 0.0996. The van der Waals surface area contributed by atoms with Gasteiger partial charge in [-0.15, -0.1) is 5.98 Å². The first kappa shape index (κ1) is 7.60. The highest BCUT2D eigenvalue weighted by Gasteiger charge is 2.10. The molecule has 0 N–H and O–H groups in total. The summed E-state index contributed by atoms with van der Waals surface area (Å²) in [6, 6.07) is 3.37. The summed E-state index contributed by atoms with van der Waals surface area (Å²) in [6.45, 7) is 1.83. The molecule has 1 aromatic rings.